The number of carbonyl (C=O) groups excluding carboxylic acids is 2. The fourth-order valence-electron chi connectivity index (χ4n) is 6.20. The summed E-state index contributed by atoms with van der Waals surface area (Å²) in [6, 6.07) is 4.32. The topological polar surface area (TPSA) is 107 Å². The van der Waals surface area contributed by atoms with Crippen molar-refractivity contribution in [3.8, 4) is 5.75 Å². The molecule has 1 aromatic carbocycles. The van der Waals surface area contributed by atoms with Gasteiger partial charge in [-0.15, -0.1) is 0 Å². The lowest BCUT2D eigenvalue weighted by Gasteiger charge is -2.44. The summed E-state index contributed by atoms with van der Waals surface area (Å²) in [7, 11) is 0. The zero-order valence-corrected chi connectivity index (χ0v) is 15.5. The Morgan fingerprint density at radius 1 is 1.28 bits per heavy atom. The van der Waals surface area contributed by atoms with Crippen LogP contribution >= 0.6 is 0 Å². The van der Waals surface area contributed by atoms with Gasteiger partial charge in [0.2, 0.25) is 11.8 Å². The van der Waals surface area contributed by atoms with Crippen molar-refractivity contribution in [2.75, 3.05) is 11.4 Å². The largest absolute Gasteiger partial charge is 0.506 e. The third kappa shape index (κ3) is 1.90. The first-order chi connectivity index (χ1) is 13.9. The van der Waals surface area contributed by atoms with Gasteiger partial charge < -0.3 is 24.7 Å². The van der Waals surface area contributed by atoms with Crippen molar-refractivity contribution in [2.45, 2.75) is 43.1 Å². The first-order valence-electron chi connectivity index (χ1n) is 9.98. The number of aliphatic carboxylic acids is 1. The van der Waals surface area contributed by atoms with Crippen molar-refractivity contribution in [1.82, 2.24) is 4.90 Å². The number of phenolic OH excluding ortho intramolecular Hbond substituents is 1. The minimum atomic E-state index is -1.05. The Balaban J connectivity index is 1.53. The Morgan fingerprint density at radius 2 is 2.10 bits per heavy atom. The number of likely N-dealkylation sites (tertiary alicyclic amines) is 1. The molecule has 5 aliphatic rings. The van der Waals surface area contributed by atoms with Gasteiger partial charge in [-0.25, -0.2) is 0 Å². The molecule has 1 aromatic rings. The second kappa shape index (κ2) is 5.38. The van der Waals surface area contributed by atoms with Crippen LogP contribution in [0.4, 0.5) is 5.69 Å². The third-order valence-corrected chi connectivity index (χ3v) is 7.29. The summed E-state index contributed by atoms with van der Waals surface area (Å²) >= 11 is 0. The number of carbonyl (C=O) groups is 3. The van der Waals surface area contributed by atoms with Crippen LogP contribution in [-0.2, 0) is 19.1 Å². The number of nitrogens with zero attached hydrogens (tertiary/aromatic N) is 2. The molecule has 8 nitrogen and oxygen atoms in total. The molecule has 2 bridgehead atoms. The molecule has 0 saturated carbocycles. The number of hydrogen-bond acceptors (Lipinski definition) is 5. The van der Waals surface area contributed by atoms with Crippen LogP contribution in [0.5, 0.6) is 5.75 Å². The van der Waals surface area contributed by atoms with Gasteiger partial charge in [0, 0.05) is 18.5 Å². The lowest BCUT2D eigenvalue weighted by Crippen LogP contribution is -2.50. The van der Waals surface area contributed by atoms with Gasteiger partial charge in [-0.1, -0.05) is 24.3 Å². The molecule has 0 radical (unpaired) electrons. The van der Waals surface area contributed by atoms with Gasteiger partial charge in [0.1, 0.15) is 17.3 Å². The van der Waals surface area contributed by atoms with E-state index in [9.17, 15) is 24.6 Å². The van der Waals surface area contributed by atoms with E-state index in [1.54, 1.807) is 12.1 Å². The van der Waals surface area contributed by atoms with Crippen molar-refractivity contribution >= 4 is 23.5 Å². The number of rotatable bonds is 2. The average molecular weight is 396 g/mol. The summed E-state index contributed by atoms with van der Waals surface area (Å²) in [6.07, 6.45) is 4.67. The molecule has 29 heavy (non-hydrogen) atoms. The maximum atomic E-state index is 13.5. The Labute approximate surface area is 166 Å². The van der Waals surface area contributed by atoms with Crippen molar-refractivity contribution in [1.29, 1.82) is 0 Å². The van der Waals surface area contributed by atoms with E-state index in [0.717, 1.165) is 12.0 Å². The SMILES string of the molecule is O=C(O)[C@H]1[C@H]2C(=O)N3c4c(O)cccc4[C@@H](N4CCCC4=O)C[C@H]3[C@]23C=C[C@H]1O3. The van der Waals surface area contributed by atoms with E-state index in [2.05, 4.69) is 0 Å². The van der Waals surface area contributed by atoms with Crippen molar-refractivity contribution in [2.24, 2.45) is 11.8 Å². The molecule has 1 spiro atoms. The van der Waals surface area contributed by atoms with Gasteiger partial charge in [0.25, 0.3) is 0 Å². The Kier molecular flexibility index (Phi) is 3.16. The van der Waals surface area contributed by atoms with E-state index in [4.69, 9.17) is 4.74 Å². The van der Waals surface area contributed by atoms with Crippen molar-refractivity contribution in [3.05, 3.63) is 35.9 Å². The monoisotopic (exact) mass is 396 g/mol. The maximum Gasteiger partial charge on any atom is 0.310 e. The minimum absolute atomic E-state index is 0.0426. The first-order valence-corrected chi connectivity index (χ1v) is 9.98. The number of phenols is 1. The number of ether oxygens (including phenoxy) is 1. The molecule has 6 atom stereocenters. The van der Waals surface area contributed by atoms with E-state index in [0.29, 0.717) is 25.1 Å². The summed E-state index contributed by atoms with van der Waals surface area (Å²) in [5, 5.41) is 20.4. The normalized spacial score (nSPS) is 39.1. The lowest BCUT2D eigenvalue weighted by molar-refractivity contribution is -0.146. The molecular weight excluding hydrogens is 376 g/mol. The van der Waals surface area contributed by atoms with Crippen LogP contribution in [0.3, 0.4) is 0 Å². The fraction of sp³-hybridized carbons (Fsp3) is 0.476. The van der Waals surface area contributed by atoms with Crippen LogP contribution in [0.15, 0.2) is 30.4 Å². The number of benzene rings is 1. The van der Waals surface area contributed by atoms with E-state index in [1.807, 2.05) is 17.0 Å². The number of aromatic hydroxyl groups is 1. The Hall–Kier alpha value is -2.87. The van der Waals surface area contributed by atoms with E-state index in [-0.39, 0.29) is 23.6 Å². The van der Waals surface area contributed by atoms with E-state index in [1.165, 1.54) is 11.0 Å². The van der Waals surface area contributed by atoms with Crippen LogP contribution in [0.1, 0.15) is 30.9 Å². The smallest absolute Gasteiger partial charge is 0.310 e. The summed E-state index contributed by atoms with van der Waals surface area (Å²) in [4.78, 5) is 41.3. The highest BCUT2D eigenvalue weighted by molar-refractivity contribution is 6.05. The molecule has 2 N–H and O–H groups in total. The standard InChI is InChI=1S/C21H20N2O6/c24-12-4-1-3-10-11(22-8-2-5-15(22)25)9-14-21-7-6-13(29-21)16(20(27)28)17(21)19(26)23(14)18(10)12/h1,3-4,6-7,11,13-14,16-17,24H,2,5,8-9H2,(H,27,28)/t11-,13+,14-,16+,17-,21+/m0/s1. The number of carboxylic acid groups (broad SMARTS) is 1. The molecular formula is C21H20N2O6. The average Bonchev–Trinajstić information content (AvgIpc) is 3.43. The minimum Gasteiger partial charge on any atom is -0.506 e. The number of hydrogen-bond donors (Lipinski definition) is 2. The predicted molar refractivity (Wildman–Crippen MR) is 99.0 cm³/mol. The highest BCUT2D eigenvalue weighted by Crippen LogP contribution is 2.61. The molecule has 5 heterocycles. The Morgan fingerprint density at radius 3 is 2.83 bits per heavy atom. The number of amides is 2. The summed E-state index contributed by atoms with van der Waals surface area (Å²) in [6.45, 7) is 0.632. The lowest BCUT2D eigenvalue weighted by atomic mass is 9.73. The molecule has 6 rings (SSSR count). The van der Waals surface area contributed by atoms with Crippen LogP contribution in [0.2, 0.25) is 0 Å². The second-order valence-electron chi connectivity index (χ2n) is 8.52. The van der Waals surface area contributed by atoms with Gasteiger partial charge in [0.05, 0.1) is 29.8 Å². The molecule has 0 unspecified atom stereocenters. The number of carboxylic acids is 1. The molecule has 150 valence electrons. The van der Waals surface area contributed by atoms with Crippen LogP contribution < -0.4 is 4.90 Å². The van der Waals surface area contributed by atoms with Gasteiger partial charge in [-0.2, -0.15) is 0 Å². The molecule has 0 aliphatic carbocycles. The Bertz CT molecular complexity index is 1000. The van der Waals surface area contributed by atoms with Gasteiger partial charge >= 0.3 is 5.97 Å². The van der Waals surface area contributed by atoms with E-state index < -0.39 is 35.6 Å². The number of fused-ring (bicyclic) bond motifs is 4. The first kappa shape index (κ1) is 17.0. The van der Waals surface area contributed by atoms with E-state index >= 15 is 0 Å². The predicted octanol–water partition coefficient (Wildman–Crippen LogP) is 1.20. The fourth-order valence-corrected chi connectivity index (χ4v) is 6.20. The summed E-state index contributed by atoms with van der Waals surface area (Å²) < 4.78 is 6.15. The molecule has 3 fully saturated rings. The third-order valence-electron chi connectivity index (χ3n) is 7.29. The highest BCUT2D eigenvalue weighted by atomic mass is 16.5. The molecule has 0 aromatic heterocycles. The number of anilines is 1. The quantitative estimate of drug-likeness (QED) is 0.728. The molecule has 3 saturated heterocycles. The van der Waals surface area contributed by atoms with Gasteiger partial charge in [-0.05, 0) is 18.9 Å². The van der Waals surface area contributed by atoms with Gasteiger partial charge in [-0.3, -0.25) is 14.4 Å². The zero-order chi connectivity index (χ0) is 20.1. The van der Waals surface area contributed by atoms with Crippen molar-refractivity contribution < 1.29 is 29.3 Å². The highest BCUT2D eigenvalue weighted by Gasteiger charge is 2.72. The number of para-hydroxylation sites is 1. The van der Waals surface area contributed by atoms with Crippen LogP contribution in [0.25, 0.3) is 0 Å². The van der Waals surface area contributed by atoms with Crippen LogP contribution in [0, 0.1) is 11.8 Å². The zero-order valence-electron chi connectivity index (χ0n) is 15.5. The van der Waals surface area contributed by atoms with Crippen LogP contribution in [-0.4, -0.2) is 57.2 Å². The second-order valence-corrected chi connectivity index (χ2v) is 8.52. The van der Waals surface area contributed by atoms with Gasteiger partial charge in [0.15, 0.2) is 0 Å². The molecule has 5 aliphatic heterocycles. The summed E-state index contributed by atoms with van der Waals surface area (Å²) in [5.41, 5.74) is 0.0738. The maximum absolute atomic E-state index is 13.5. The van der Waals surface area contributed by atoms with Crippen molar-refractivity contribution in [3.63, 3.8) is 0 Å². The summed E-state index contributed by atoms with van der Waals surface area (Å²) in [5.74, 6) is -3.14. The molecule has 8 heteroatoms. The molecule has 2 amide bonds.